The molecule has 1 N–H and O–H groups in total. The van der Waals surface area contributed by atoms with Crippen LogP contribution >= 0.6 is 0 Å². The average molecular weight is 236 g/mol. The topological polar surface area (TPSA) is 54.4 Å². The molecule has 0 atom stereocenters. The fourth-order valence-corrected chi connectivity index (χ4v) is 0.213. The van der Waals surface area contributed by atoms with Crippen LogP contribution in [0.2, 0.25) is 4.13 Å². The van der Waals surface area contributed by atoms with Crippen molar-refractivity contribution in [3.63, 3.8) is 0 Å². The molecular formula is C7H13O3Zr. The molecule has 11 heavy (non-hydrogen) atoms. The molecule has 0 rings (SSSR count). The zero-order valence-corrected chi connectivity index (χ0v) is 9.34. The summed E-state index contributed by atoms with van der Waals surface area (Å²) >= 11 is 1.67. The van der Waals surface area contributed by atoms with Gasteiger partial charge in [-0.2, -0.15) is 0 Å². The van der Waals surface area contributed by atoms with E-state index in [0.29, 0.717) is 0 Å². The SMILES string of the molecule is CC(=O)CC(=O)O.CC[CH2][Zr]. The van der Waals surface area contributed by atoms with Gasteiger partial charge in [-0.1, -0.05) is 0 Å². The Morgan fingerprint density at radius 3 is 1.82 bits per heavy atom. The number of carboxylic acid groups (broad SMARTS) is 1. The van der Waals surface area contributed by atoms with Crippen LogP contribution in [0.25, 0.3) is 0 Å². The Balaban J connectivity index is 0. The van der Waals surface area contributed by atoms with Crippen molar-refractivity contribution in [2.45, 2.75) is 30.8 Å². The van der Waals surface area contributed by atoms with Gasteiger partial charge in [0.15, 0.2) is 0 Å². The van der Waals surface area contributed by atoms with Crippen molar-refractivity contribution in [1.82, 2.24) is 0 Å². The van der Waals surface area contributed by atoms with Crippen LogP contribution < -0.4 is 0 Å². The van der Waals surface area contributed by atoms with Crippen LogP contribution in [0.4, 0.5) is 0 Å². The van der Waals surface area contributed by atoms with E-state index in [2.05, 4.69) is 6.92 Å². The summed E-state index contributed by atoms with van der Waals surface area (Å²) in [6.45, 7) is 3.45. The van der Waals surface area contributed by atoms with Gasteiger partial charge in [0.2, 0.25) is 0 Å². The second-order valence-electron chi connectivity index (χ2n) is 2.02. The number of hydrogen-bond acceptors (Lipinski definition) is 2. The van der Waals surface area contributed by atoms with Crippen molar-refractivity contribution >= 4 is 11.8 Å². The molecule has 0 amide bonds. The Hall–Kier alpha value is 0.0231. The number of hydrogen-bond donors (Lipinski definition) is 1. The summed E-state index contributed by atoms with van der Waals surface area (Å²) in [6, 6.07) is 0. The molecular weight excluding hydrogens is 223 g/mol. The molecule has 0 aromatic rings. The van der Waals surface area contributed by atoms with E-state index in [1.54, 1.807) is 24.7 Å². The molecule has 0 radical (unpaired) electrons. The molecule has 0 heterocycles. The normalized spacial score (nSPS) is 7.73. The maximum absolute atomic E-state index is 9.87. The average Bonchev–Trinajstić information content (AvgIpc) is 1.85. The number of rotatable bonds is 3. The van der Waals surface area contributed by atoms with Crippen LogP contribution in [-0.4, -0.2) is 16.9 Å². The van der Waals surface area contributed by atoms with E-state index in [1.165, 1.54) is 17.5 Å². The van der Waals surface area contributed by atoms with Gasteiger partial charge >= 0.3 is 48.2 Å². The first-order chi connectivity index (χ1) is 5.04. The molecule has 0 unspecified atom stereocenters. The van der Waals surface area contributed by atoms with Crippen molar-refractivity contribution in [1.29, 1.82) is 0 Å². The van der Waals surface area contributed by atoms with Crippen molar-refractivity contribution in [3.8, 4) is 0 Å². The molecule has 4 heteroatoms. The van der Waals surface area contributed by atoms with Gasteiger partial charge in [-0.15, -0.1) is 0 Å². The third-order valence-corrected chi connectivity index (χ3v) is 1.88. The van der Waals surface area contributed by atoms with Crippen LogP contribution in [0.1, 0.15) is 26.7 Å². The van der Waals surface area contributed by atoms with Gasteiger partial charge in [0, 0.05) is 0 Å². The summed E-state index contributed by atoms with van der Waals surface area (Å²) in [6.07, 6.45) is 0.998. The van der Waals surface area contributed by atoms with Gasteiger partial charge in [-0.25, -0.2) is 0 Å². The molecule has 0 aliphatic heterocycles. The zero-order chi connectivity index (χ0) is 9.28. The minimum atomic E-state index is -1.06. The first-order valence-corrected chi connectivity index (χ1v) is 5.14. The third-order valence-electron chi connectivity index (χ3n) is 0.650. The predicted molar refractivity (Wildman–Crippen MR) is 38.0 cm³/mol. The molecule has 0 aromatic carbocycles. The molecule has 0 saturated heterocycles. The standard InChI is InChI=1S/C4H6O3.C3H7.Zr/c1-3(5)2-4(6)7;1-3-2;/h2H2,1H3,(H,6,7);1,3H2,2H3;. The molecule has 0 saturated carbocycles. The van der Waals surface area contributed by atoms with Gasteiger partial charge in [0.25, 0.3) is 0 Å². The van der Waals surface area contributed by atoms with Crippen LogP contribution in [0.5, 0.6) is 0 Å². The van der Waals surface area contributed by atoms with Gasteiger partial charge in [-0.3, -0.25) is 9.59 Å². The van der Waals surface area contributed by atoms with E-state index in [-0.39, 0.29) is 12.2 Å². The van der Waals surface area contributed by atoms with Crippen LogP contribution in [0, 0.1) is 0 Å². The Morgan fingerprint density at radius 2 is 1.82 bits per heavy atom. The molecule has 0 fully saturated rings. The molecule has 3 nitrogen and oxygen atoms in total. The number of Topliss-reactive ketones (excluding diaryl/α,β-unsaturated/α-hetero) is 1. The summed E-state index contributed by atoms with van der Waals surface area (Å²) in [7, 11) is 0. The second kappa shape index (κ2) is 10.0. The molecule has 0 aromatic heterocycles. The summed E-state index contributed by atoms with van der Waals surface area (Å²) in [5.41, 5.74) is 0. The van der Waals surface area contributed by atoms with Crippen molar-refractivity contribution < 1.29 is 39.4 Å². The summed E-state index contributed by atoms with van der Waals surface area (Å²) in [5.74, 6) is -1.37. The van der Waals surface area contributed by atoms with Crippen molar-refractivity contribution in [2.24, 2.45) is 0 Å². The Morgan fingerprint density at radius 1 is 1.45 bits per heavy atom. The van der Waals surface area contributed by atoms with Crippen molar-refractivity contribution in [2.75, 3.05) is 0 Å². The fourth-order valence-electron chi connectivity index (χ4n) is 0.213. The van der Waals surface area contributed by atoms with Crippen molar-refractivity contribution in [3.05, 3.63) is 0 Å². The number of carboxylic acids is 1. The van der Waals surface area contributed by atoms with E-state index in [4.69, 9.17) is 5.11 Å². The van der Waals surface area contributed by atoms with E-state index in [9.17, 15) is 9.59 Å². The number of carbonyl (C=O) groups excluding carboxylic acids is 1. The molecule has 0 bridgehead atoms. The first kappa shape index (κ1) is 13.6. The first-order valence-electron chi connectivity index (χ1n) is 3.40. The van der Waals surface area contributed by atoms with Crippen LogP contribution in [0.15, 0.2) is 0 Å². The molecule has 0 aliphatic rings. The van der Waals surface area contributed by atoms with E-state index >= 15 is 0 Å². The zero-order valence-electron chi connectivity index (χ0n) is 6.89. The summed E-state index contributed by atoms with van der Waals surface area (Å²) in [5, 5.41) is 7.86. The quantitative estimate of drug-likeness (QED) is 0.754. The van der Waals surface area contributed by atoms with Crippen LogP contribution in [0.3, 0.4) is 0 Å². The Bertz CT molecular complexity index is 109. The van der Waals surface area contributed by atoms with E-state index in [1.807, 2.05) is 0 Å². The van der Waals surface area contributed by atoms with Gasteiger partial charge < -0.3 is 5.11 Å². The number of ketones is 1. The second-order valence-corrected chi connectivity index (χ2v) is 3.25. The Labute approximate surface area is 82.0 Å². The minimum absolute atomic E-state index is 0.312. The molecule has 0 aliphatic carbocycles. The monoisotopic (exact) mass is 235 g/mol. The van der Waals surface area contributed by atoms with Crippen LogP contribution in [-0.2, 0) is 34.3 Å². The predicted octanol–water partition coefficient (Wildman–Crippen LogP) is 1.41. The van der Waals surface area contributed by atoms with Gasteiger partial charge in [-0.05, 0) is 6.92 Å². The van der Waals surface area contributed by atoms with E-state index in [0.717, 1.165) is 0 Å². The van der Waals surface area contributed by atoms with Gasteiger partial charge in [0.1, 0.15) is 12.2 Å². The fraction of sp³-hybridized carbons (Fsp3) is 0.714. The number of carbonyl (C=O) groups is 2. The van der Waals surface area contributed by atoms with Gasteiger partial charge in [0.05, 0.1) is 0 Å². The molecule has 63 valence electrons. The summed E-state index contributed by atoms with van der Waals surface area (Å²) in [4.78, 5) is 19.5. The van der Waals surface area contributed by atoms with E-state index < -0.39 is 5.97 Å². The Kier molecular flexibility index (Phi) is 12.4. The number of aliphatic carboxylic acids is 1. The third kappa shape index (κ3) is 25.6. The summed E-state index contributed by atoms with van der Waals surface area (Å²) < 4.78 is 1.41. The maximum atomic E-state index is 9.87. The molecule has 0 spiro atoms.